The normalized spacial score (nSPS) is 47.3. The molecule has 0 spiro atoms. The second kappa shape index (κ2) is 3.56. The van der Waals surface area contributed by atoms with Gasteiger partial charge in [-0.1, -0.05) is 6.92 Å². The Morgan fingerprint density at radius 2 is 2.08 bits per heavy atom. The maximum absolute atomic E-state index is 9.75. The molecule has 2 fully saturated rings. The van der Waals surface area contributed by atoms with Crippen molar-refractivity contribution < 1.29 is 5.11 Å². The number of aliphatic hydroxyl groups is 1. The highest BCUT2D eigenvalue weighted by atomic mass is 16.3. The largest absolute Gasteiger partial charge is 0.390 e. The second-order valence-corrected chi connectivity index (χ2v) is 4.68. The van der Waals surface area contributed by atoms with E-state index in [-0.39, 0.29) is 6.10 Å². The third-order valence-electron chi connectivity index (χ3n) is 3.41. The number of aliphatic hydroxyl groups excluding tert-OH is 1. The molecule has 2 saturated heterocycles. The zero-order chi connectivity index (χ0) is 9.42. The van der Waals surface area contributed by atoms with Crippen molar-refractivity contribution in [2.24, 2.45) is 5.92 Å². The zero-order valence-corrected chi connectivity index (χ0v) is 8.53. The predicted molar refractivity (Wildman–Crippen MR) is 52.6 cm³/mol. The van der Waals surface area contributed by atoms with Gasteiger partial charge in [-0.25, -0.2) is 0 Å². The van der Waals surface area contributed by atoms with Crippen molar-refractivity contribution in [3.8, 4) is 0 Å². The molecular formula is C10H20N2O. The summed E-state index contributed by atoms with van der Waals surface area (Å²) in [6, 6.07) is 1.01. The van der Waals surface area contributed by atoms with E-state index in [0.29, 0.717) is 12.1 Å². The molecule has 0 saturated carbocycles. The van der Waals surface area contributed by atoms with Gasteiger partial charge in [-0.2, -0.15) is 0 Å². The summed E-state index contributed by atoms with van der Waals surface area (Å²) in [4.78, 5) is 2.47. The number of nitrogens with zero attached hydrogens (tertiary/aromatic N) is 1. The van der Waals surface area contributed by atoms with Crippen molar-refractivity contribution in [2.75, 3.05) is 19.6 Å². The Labute approximate surface area is 80.1 Å². The van der Waals surface area contributed by atoms with Crippen LogP contribution in [0.5, 0.6) is 0 Å². The highest BCUT2D eigenvalue weighted by Crippen LogP contribution is 2.26. The van der Waals surface area contributed by atoms with Gasteiger partial charge < -0.3 is 10.4 Å². The molecule has 0 bridgehead atoms. The summed E-state index contributed by atoms with van der Waals surface area (Å²) >= 11 is 0. The third-order valence-corrected chi connectivity index (χ3v) is 3.41. The number of hydrogen-bond acceptors (Lipinski definition) is 3. The quantitative estimate of drug-likeness (QED) is 0.604. The first-order valence-electron chi connectivity index (χ1n) is 5.33. The Bertz CT molecular complexity index is 186. The van der Waals surface area contributed by atoms with Gasteiger partial charge in [-0.3, -0.25) is 4.90 Å². The monoisotopic (exact) mass is 184 g/mol. The fourth-order valence-electron chi connectivity index (χ4n) is 2.78. The molecule has 0 aromatic rings. The van der Waals surface area contributed by atoms with Gasteiger partial charge in [0, 0.05) is 31.7 Å². The number of rotatable bonds is 1. The van der Waals surface area contributed by atoms with Gasteiger partial charge in [-0.05, 0) is 19.3 Å². The van der Waals surface area contributed by atoms with Gasteiger partial charge in [0.1, 0.15) is 0 Å². The summed E-state index contributed by atoms with van der Waals surface area (Å²) in [7, 11) is 0. The van der Waals surface area contributed by atoms with Crippen LogP contribution in [0.4, 0.5) is 0 Å². The maximum Gasteiger partial charge on any atom is 0.0831 e. The van der Waals surface area contributed by atoms with Crippen LogP contribution >= 0.6 is 0 Å². The van der Waals surface area contributed by atoms with Crippen molar-refractivity contribution >= 4 is 0 Å². The van der Waals surface area contributed by atoms with Gasteiger partial charge in [0.15, 0.2) is 0 Å². The van der Waals surface area contributed by atoms with E-state index in [4.69, 9.17) is 0 Å². The minimum atomic E-state index is -0.159. The Kier molecular flexibility index (Phi) is 2.58. The van der Waals surface area contributed by atoms with E-state index >= 15 is 0 Å². The lowest BCUT2D eigenvalue weighted by atomic mass is 10.1. The number of hydrogen-bond donors (Lipinski definition) is 2. The van der Waals surface area contributed by atoms with Crippen LogP contribution in [-0.2, 0) is 0 Å². The highest BCUT2D eigenvalue weighted by molar-refractivity contribution is 4.94. The SMILES string of the molecule is CC1CC(C)N(C2CNCC2O)C1. The van der Waals surface area contributed by atoms with E-state index in [1.165, 1.54) is 6.42 Å². The molecule has 2 rings (SSSR count). The number of nitrogens with one attached hydrogen (secondary N) is 1. The second-order valence-electron chi connectivity index (χ2n) is 4.68. The molecule has 0 aromatic heterocycles. The summed E-state index contributed by atoms with van der Waals surface area (Å²) in [6.07, 6.45) is 1.12. The number of likely N-dealkylation sites (tertiary alicyclic amines) is 1. The van der Waals surface area contributed by atoms with Crippen LogP contribution in [0.15, 0.2) is 0 Å². The van der Waals surface area contributed by atoms with E-state index < -0.39 is 0 Å². The molecular weight excluding hydrogens is 164 g/mol. The van der Waals surface area contributed by atoms with Crippen molar-refractivity contribution in [1.82, 2.24) is 10.2 Å². The summed E-state index contributed by atoms with van der Waals surface area (Å²) in [5.41, 5.74) is 0. The highest BCUT2D eigenvalue weighted by Gasteiger charge is 2.37. The van der Waals surface area contributed by atoms with E-state index in [9.17, 15) is 5.11 Å². The molecule has 0 radical (unpaired) electrons. The van der Waals surface area contributed by atoms with E-state index in [2.05, 4.69) is 24.1 Å². The standard InChI is InChI=1S/C10H20N2O/c1-7-3-8(2)12(6-7)9-4-11-5-10(9)13/h7-11,13H,3-6H2,1-2H3. The van der Waals surface area contributed by atoms with Crippen LogP contribution in [0.2, 0.25) is 0 Å². The average Bonchev–Trinajstić information content (AvgIpc) is 2.58. The van der Waals surface area contributed by atoms with Crippen molar-refractivity contribution in [3.63, 3.8) is 0 Å². The molecule has 3 nitrogen and oxygen atoms in total. The smallest absolute Gasteiger partial charge is 0.0831 e. The summed E-state index contributed by atoms with van der Waals surface area (Å²) in [5.74, 6) is 0.794. The molecule has 0 amide bonds. The zero-order valence-electron chi connectivity index (χ0n) is 8.53. The minimum Gasteiger partial charge on any atom is -0.390 e. The lowest BCUT2D eigenvalue weighted by Crippen LogP contribution is -2.45. The Balaban J connectivity index is 1.99. The summed E-state index contributed by atoms with van der Waals surface area (Å²) in [6.45, 7) is 7.45. The van der Waals surface area contributed by atoms with Crippen LogP contribution in [0.25, 0.3) is 0 Å². The molecule has 13 heavy (non-hydrogen) atoms. The lowest BCUT2D eigenvalue weighted by Gasteiger charge is -2.29. The van der Waals surface area contributed by atoms with Gasteiger partial charge in [-0.15, -0.1) is 0 Å². The minimum absolute atomic E-state index is 0.159. The molecule has 2 aliphatic rings. The average molecular weight is 184 g/mol. The van der Waals surface area contributed by atoms with E-state index in [1.54, 1.807) is 0 Å². The first-order chi connectivity index (χ1) is 6.18. The third kappa shape index (κ3) is 1.73. The van der Waals surface area contributed by atoms with Gasteiger partial charge in [0.2, 0.25) is 0 Å². The van der Waals surface area contributed by atoms with Crippen molar-refractivity contribution in [3.05, 3.63) is 0 Å². The molecule has 3 heteroatoms. The number of β-amino-alcohol motifs (C(OH)–C–C–N with tert-alkyl or cyclic N) is 1. The predicted octanol–water partition coefficient (Wildman–Crippen LogP) is 0.0494. The Morgan fingerprint density at radius 1 is 1.31 bits per heavy atom. The fourth-order valence-corrected chi connectivity index (χ4v) is 2.78. The molecule has 0 aliphatic carbocycles. The van der Waals surface area contributed by atoms with Crippen LogP contribution in [0, 0.1) is 5.92 Å². The molecule has 2 aliphatic heterocycles. The fraction of sp³-hybridized carbons (Fsp3) is 1.00. The maximum atomic E-state index is 9.75. The lowest BCUT2D eigenvalue weighted by molar-refractivity contribution is 0.0779. The Morgan fingerprint density at radius 3 is 2.54 bits per heavy atom. The first-order valence-corrected chi connectivity index (χ1v) is 5.33. The molecule has 76 valence electrons. The summed E-state index contributed by atoms with van der Waals surface area (Å²) < 4.78 is 0. The summed E-state index contributed by atoms with van der Waals surface area (Å²) in [5, 5.41) is 13.0. The van der Waals surface area contributed by atoms with Crippen LogP contribution in [0.1, 0.15) is 20.3 Å². The van der Waals surface area contributed by atoms with Crippen LogP contribution in [0.3, 0.4) is 0 Å². The van der Waals surface area contributed by atoms with Crippen molar-refractivity contribution in [2.45, 2.75) is 38.5 Å². The van der Waals surface area contributed by atoms with Gasteiger partial charge in [0.25, 0.3) is 0 Å². The van der Waals surface area contributed by atoms with E-state index in [1.807, 2.05) is 0 Å². The molecule has 4 atom stereocenters. The van der Waals surface area contributed by atoms with Crippen LogP contribution in [-0.4, -0.2) is 47.8 Å². The first kappa shape index (κ1) is 9.44. The van der Waals surface area contributed by atoms with E-state index in [0.717, 1.165) is 25.6 Å². The Hall–Kier alpha value is -0.120. The van der Waals surface area contributed by atoms with Crippen molar-refractivity contribution in [1.29, 1.82) is 0 Å². The molecule has 2 N–H and O–H groups in total. The molecule has 2 heterocycles. The van der Waals surface area contributed by atoms with Crippen LogP contribution < -0.4 is 5.32 Å². The van der Waals surface area contributed by atoms with Gasteiger partial charge in [0.05, 0.1) is 6.10 Å². The molecule has 4 unspecified atom stereocenters. The van der Waals surface area contributed by atoms with Gasteiger partial charge >= 0.3 is 0 Å². The molecule has 0 aromatic carbocycles. The topological polar surface area (TPSA) is 35.5 Å².